The van der Waals surface area contributed by atoms with Gasteiger partial charge in [-0.05, 0) is 25.2 Å². The zero-order valence-electron chi connectivity index (χ0n) is 6.17. The maximum Gasteiger partial charge on any atom is 0.309 e. The van der Waals surface area contributed by atoms with E-state index in [1.165, 1.54) is 6.42 Å². The minimum Gasteiger partial charge on any atom is -0.462 e. The number of hydrogen-bond acceptors (Lipinski definition) is 2. The van der Waals surface area contributed by atoms with Crippen LogP contribution in [0.25, 0.3) is 0 Å². The van der Waals surface area contributed by atoms with Crippen molar-refractivity contribution >= 4 is 5.97 Å². The molecule has 1 saturated carbocycles. The summed E-state index contributed by atoms with van der Waals surface area (Å²) in [6.07, 6.45) is 3.51. The second-order valence-corrected chi connectivity index (χ2v) is 3.46. The van der Waals surface area contributed by atoms with Gasteiger partial charge in [-0.2, -0.15) is 0 Å². The second kappa shape index (κ2) is 1.97. The molecule has 1 saturated heterocycles. The molecule has 0 aromatic heterocycles. The van der Waals surface area contributed by atoms with E-state index >= 15 is 0 Å². The first-order chi connectivity index (χ1) is 4.77. The Morgan fingerprint density at radius 3 is 3.00 bits per heavy atom. The predicted molar refractivity (Wildman–Crippen MR) is 36.4 cm³/mol. The highest BCUT2D eigenvalue weighted by atomic mass is 16.6. The van der Waals surface area contributed by atoms with Gasteiger partial charge >= 0.3 is 5.97 Å². The van der Waals surface area contributed by atoms with Gasteiger partial charge in [0.05, 0.1) is 5.92 Å². The van der Waals surface area contributed by atoms with E-state index in [1.54, 1.807) is 0 Å². The van der Waals surface area contributed by atoms with E-state index in [2.05, 4.69) is 6.92 Å². The Hall–Kier alpha value is -0.530. The summed E-state index contributed by atoms with van der Waals surface area (Å²) in [6, 6.07) is 0. The SMILES string of the molecule is C[C@@H]1CC[C@H]2C[C@H]1C(=O)O2. The average molecular weight is 140 g/mol. The molecule has 0 aromatic carbocycles. The van der Waals surface area contributed by atoms with E-state index < -0.39 is 0 Å². The third-order valence-corrected chi connectivity index (χ3v) is 2.73. The maximum absolute atomic E-state index is 11.0. The van der Waals surface area contributed by atoms with Crippen molar-refractivity contribution in [3.63, 3.8) is 0 Å². The number of hydrogen-bond donors (Lipinski definition) is 0. The molecule has 2 rings (SSSR count). The van der Waals surface area contributed by atoms with Crippen LogP contribution in [0.5, 0.6) is 0 Å². The molecule has 2 fully saturated rings. The number of carbonyl (C=O) groups excluding carboxylic acids is 1. The van der Waals surface area contributed by atoms with Gasteiger partial charge in [-0.25, -0.2) is 0 Å². The van der Waals surface area contributed by atoms with Gasteiger partial charge in [0, 0.05) is 0 Å². The fourth-order valence-corrected chi connectivity index (χ4v) is 1.97. The van der Waals surface area contributed by atoms with Crippen LogP contribution >= 0.6 is 0 Å². The van der Waals surface area contributed by atoms with Gasteiger partial charge in [-0.1, -0.05) is 6.92 Å². The molecule has 3 atom stereocenters. The fraction of sp³-hybridized carbons (Fsp3) is 0.875. The summed E-state index contributed by atoms with van der Waals surface area (Å²) in [5, 5.41) is 0. The standard InChI is InChI=1S/C8H12O2/c1-5-2-3-6-4-7(5)8(9)10-6/h5-7H,2-4H2,1H3/t5-,6+,7-/m1/s1. The van der Waals surface area contributed by atoms with Crippen LogP contribution in [0.3, 0.4) is 0 Å². The van der Waals surface area contributed by atoms with Crippen LogP contribution in [0.4, 0.5) is 0 Å². The van der Waals surface area contributed by atoms with Gasteiger partial charge in [-0.15, -0.1) is 0 Å². The van der Waals surface area contributed by atoms with Crippen LogP contribution in [0.2, 0.25) is 0 Å². The average Bonchev–Trinajstić information content (AvgIpc) is 2.21. The number of ether oxygens (including phenoxy) is 1. The molecule has 1 heterocycles. The van der Waals surface area contributed by atoms with Crippen LogP contribution in [0, 0.1) is 11.8 Å². The Kier molecular flexibility index (Phi) is 1.22. The number of fused-ring (bicyclic) bond motifs is 2. The third kappa shape index (κ3) is 0.746. The Bertz CT molecular complexity index is 165. The highest BCUT2D eigenvalue weighted by Crippen LogP contribution is 2.37. The van der Waals surface area contributed by atoms with Crippen molar-refractivity contribution in [3.8, 4) is 0 Å². The molecule has 0 spiro atoms. The topological polar surface area (TPSA) is 26.3 Å². The highest BCUT2D eigenvalue weighted by Gasteiger charge is 2.41. The Labute approximate surface area is 60.6 Å². The summed E-state index contributed by atoms with van der Waals surface area (Å²) in [5.41, 5.74) is 0. The Balaban J connectivity index is 2.17. The summed E-state index contributed by atoms with van der Waals surface area (Å²) in [4.78, 5) is 11.0. The van der Waals surface area contributed by atoms with Crippen LogP contribution in [0.1, 0.15) is 26.2 Å². The number of rotatable bonds is 0. The van der Waals surface area contributed by atoms with Gasteiger partial charge in [0.25, 0.3) is 0 Å². The second-order valence-electron chi connectivity index (χ2n) is 3.46. The molecule has 2 nitrogen and oxygen atoms in total. The van der Waals surface area contributed by atoms with Crippen molar-refractivity contribution in [1.29, 1.82) is 0 Å². The van der Waals surface area contributed by atoms with E-state index in [4.69, 9.17) is 4.74 Å². The fourth-order valence-electron chi connectivity index (χ4n) is 1.97. The first kappa shape index (κ1) is 6.20. The van der Waals surface area contributed by atoms with Crippen molar-refractivity contribution in [3.05, 3.63) is 0 Å². The van der Waals surface area contributed by atoms with Crippen molar-refractivity contribution in [2.75, 3.05) is 0 Å². The van der Waals surface area contributed by atoms with E-state index in [-0.39, 0.29) is 18.0 Å². The minimum atomic E-state index is 0.0509. The van der Waals surface area contributed by atoms with Gasteiger partial charge in [-0.3, -0.25) is 4.79 Å². The smallest absolute Gasteiger partial charge is 0.309 e. The van der Waals surface area contributed by atoms with Crippen LogP contribution in [-0.2, 0) is 9.53 Å². The summed E-state index contributed by atoms with van der Waals surface area (Å²) in [7, 11) is 0. The Morgan fingerprint density at radius 1 is 1.50 bits per heavy atom. The lowest BCUT2D eigenvalue weighted by Gasteiger charge is -2.20. The quantitative estimate of drug-likeness (QED) is 0.475. The summed E-state index contributed by atoms with van der Waals surface area (Å²) < 4.78 is 5.12. The zero-order valence-corrected chi connectivity index (χ0v) is 6.17. The van der Waals surface area contributed by atoms with Crippen molar-refractivity contribution in [2.45, 2.75) is 32.3 Å². The van der Waals surface area contributed by atoms with Crippen LogP contribution in [0.15, 0.2) is 0 Å². The molecule has 10 heavy (non-hydrogen) atoms. The molecule has 0 N–H and O–H groups in total. The first-order valence-corrected chi connectivity index (χ1v) is 3.98. The molecule has 2 bridgehead atoms. The molecular weight excluding hydrogens is 128 g/mol. The third-order valence-electron chi connectivity index (χ3n) is 2.73. The normalized spacial score (nSPS) is 45.3. The van der Waals surface area contributed by atoms with Crippen LogP contribution < -0.4 is 0 Å². The van der Waals surface area contributed by atoms with E-state index in [0.717, 1.165) is 12.8 Å². The highest BCUT2D eigenvalue weighted by molar-refractivity contribution is 5.75. The van der Waals surface area contributed by atoms with Crippen molar-refractivity contribution in [2.24, 2.45) is 11.8 Å². The van der Waals surface area contributed by atoms with Crippen LogP contribution in [-0.4, -0.2) is 12.1 Å². The van der Waals surface area contributed by atoms with Crippen molar-refractivity contribution in [1.82, 2.24) is 0 Å². The predicted octanol–water partition coefficient (Wildman–Crippen LogP) is 1.35. The molecule has 2 aliphatic rings. The lowest BCUT2D eigenvalue weighted by molar-refractivity contribution is -0.143. The Morgan fingerprint density at radius 2 is 2.30 bits per heavy atom. The zero-order chi connectivity index (χ0) is 7.14. The van der Waals surface area contributed by atoms with E-state index in [1.807, 2.05) is 0 Å². The lowest BCUT2D eigenvalue weighted by atomic mass is 9.81. The molecule has 0 radical (unpaired) electrons. The first-order valence-electron chi connectivity index (χ1n) is 3.98. The molecule has 1 aliphatic carbocycles. The molecular formula is C8H12O2. The number of esters is 1. The lowest BCUT2D eigenvalue weighted by Crippen LogP contribution is -2.19. The van der Waals surface area contributed by atoms with Crippen molar-refractivity contribution < 1.29 is 9.53 Å². The summed E-state index contributed by atoms with van der Waals surface area (Å²) in [6.45, 7) is 2.15. The molecule has 56 valence electrons. The van der Waals surface area contributed by atoms with Gasteiger partial charge < -0.3 is 4.74 Å². The minimum absolute atomic E-state index is 0.0509. The van der Waals surface area contributed by atoms with Gasteiger partial charge in [0.15, 0.2) is 0 Å². The van der Waals surface area contributed by atoms with E-state index in [0.29, 0.717) is 5.92 Å². The van der Waals surface area contributed by atoms with Gasteiger partial charge in [0.1, 0.15) is 6.10 Å². The molecule has 0 unspecified atom stereocenters. The molecule has 0 aromatic rings. The molecule has 1 aliphatic heterocycles. The summed E-state index contributed by atoms with van der Waals surface area (Å²) >= 11 is 0. The summed E-state index contributed by atoms with van der Waals surface area (Å²) in [5.74, 6) is 0.847. The number of carbonyl (C=O) groups is 1. The largest absolute Gasteiger partial charge is 0.462 e. The molecule has 0 amide bonds. The molecule has 2 heteroatoms. The van der Waals surface area contributed by atoms with Gasteiger partial charge in [0.2, 0.25) is 0 Å². The maximum atomic E-state index is 11.0. The van der Waals surface area contributed by atoms with E-state index in [9.17, 15) is 4.79 Å². The monoisotopic (exact) mass is 140 g/mol.